The first-order chi connectivity index (χ1) is 8.95. The van der Waals surface area contributed by atoms with Crippen LogP contribution in [0.2, 0.25) is 0 Å². The average molecular weight is 264 g/mol. The lowest BCUT2D eigenvalue weighted by atomic mass is 10.1. The summed E-state index contributed by atoms with van der Waals surface area (Å²) in [7, 11) is 1.91. The van der Waals surface area contributed by atoms with Crippen molar-refractivity contribution in [2.45, 2.75) is 33.7 Å². The first-order valence-electron chi connectivity index (χ1n) is 6.63. The van der Waals surface area contributed by atoms with Crippen LogP contribution in [0.15, 0.2) is 29.4 Å². The van der Waals surface area contributed by atoms with Crippen LogP contribution in [0.3, 0.4) is 0 Å². The predicted octanol–water partition coefficient (Wildman–Crippen LogP) is 3.20. The molecule has 0 aliphatic carbocycles. The summed E-state index contributed by atoms with van der Waals surface area (Å²) in [4.78, 5) is 1.92. The molecule has 4 heteroatoms. The van der Waals surface area contributed by atoms with E-state index in [0.717, 1.165) is 11.3 Å². The van der Waals surface area contributed by atoms with Gasteiger partial charge in [-0.15, -0.1) is 0 Å². The van der Waals surface area contributed by atoms with Crippen LogP contribution in [-0.2, 0) is 0 Å². The fraction of sp³-hybridized carbons (Fsp3) is 0.533. The zero-order valence-corrected chi connectivity index (χ0v) is 12.4. The Kier molecular flexibility index (Phi) is 5.67. The first-order valence-corrected chi connectivity index (χ1v) is 6.63. The van der Waals surface area contributed by atoms with Gasteiger partial charge in [-0.2, -0.15) is 0 Å². The number of nitrogens with zero attached hydrogens (tertiary/aromatic N) is 2. The summed E-state index contributed by atoms with van der Waals surface area (Å²) in [6.07, 6.45) is 0. The number of rotatable bonds is 5. The summed E-state index contributed by atoms with van der Waals surface area (Å²) < 4.78 is 5.63. The Bertz CT molecular complexity index is 411. The molecule has 1 aromatic carbocycles. The van der Waals surface area contributed by atoms with E-state index in [1.807, 2.05) is 50.1 Å². The van der Waals surface area contributed by atoms with Crippen molar-refractivity contribution in [3.63, 3.8) is 0 Å². The summed E-state index contributed by atoms with van der Waals surface area (Å²) in [5.41, 5.74) is 0.871. The molecule has 1 rings (SSSR count). The van der Waals surface area contributed by atoms with Crippen LogP contribution < -0.4 is 4.74 Å². The van der Waals surface area contributed by atoms with E-state index in [1.165, 1.54) is 0 Å². The molecule has 0 amide bonds. The van der Waals surface area contributed by atoms with Gasteiger partial charge in [0, 0.05) is 18.7 Å². The van der Waals surface area contributed by atoms with Gasteiger partial charge in [-0.05, 0) is 44.0 Å². The SMILES string of the molecule is CC(C)COc1ccc(/C(=N\O)N(C)C(C)C)cc1. The molecule has 0 heterocycles. The number of benzene rings is 1. The van der Waals surface area contributed by atoms with Gasteiger partial charge in [0.1, 0.15) is 5.75 Å². The van der Waals surface area contributed by atoms with Crippen molar-refractivity contribution in [1.29, 1.82) is 0 Å². The van der Waals surface area contributed by atoms with Crippen molar-refractivity contribution in [2.75, 3.05) is 13.7 Å². The highest BCUT2D eigenvalue weighted by atomic mass is 16.5. The summed E-state index contributed by atoms with van der Waals surface area (Å²) in [6, 6.07) is 7.88. The molecule has 0 spiro atoms. The van der Waals surface area contributed by atoms with Gasteiger partial charge in [0.05, 0.1) is 6.61 Å². The van der Waals surface area contributed by atoms with Gasteiger partial charge in [0.2, 0.25) is 0 Å². The van der Waals surface area contributed by atoms with Gasteiger partial charge in [-0.25, -0.2) is 0 Å². The number of hydrogen-bond acceptors (Lipinski definition) is 3. The van der Waals surface area contributed by atoms with E-state index in [2.05, 4.69) is 19.0 Å². The molecule has 4 nitrogen and oxygen atoms in total. The van der Waals surface area contributed by atoms with Crippen molar-refractivity contribution in [2.24, 2.45) is 11.1 Å². The monoisotopic (exact) mass is 264 g/mol. The zero-order chi connectivity index (χ0) is 14.4. The van der Waals surface area contributed by atoms with Crippen LogP contribution in [0.5, 0.6) is 5.75 Å². The molecule has 0 aromatic heterocycles. The van der Waals surface area contributed by atoms with E-state index < -0.39 is 0 Å². The molecule has 0 fully saturated rings. The largest absolute Gasteiger partial charge is 0.493 e. The smallest absolute Gasteiger partial charge is 0.175 e. The minimum absolute atomic E-state index is 0.266. The van der Waals surface area contributed by atoms with Gasteiger partial charge in [-0.1, -0.05) is 19.0 Å². The molecule has 0 saturated heterocycles. The third-order valence-corrected chi connectivity index (χ3v) is 2.90. The first kappa shape index (κ1) is 15.3. The minimum atomic E-state index is 0.266. The van der Waals surface area contributed by atoms with Gasteiger partial charge in [0.15, 0.2) is 5.84 Å². The third kappa shape index (κ3) is 4.47. The standard InChI is InChI=1S/C15H24N2O2/c1-11(2)10-19-14-8-6-13(7-9-14)15(16-18)17(5)12(3)4/h6-9,11-12,18H,10H2,1-5H3/b16-15+. The maximum absolute atomic E-state index is 9.16. The van der Waals surface area contributed by atoms with E-state index in [-0.39, 0.29) is 6.04 Å². The molecule has 0 aliphatic heterocycles. The highest BCUT2D eigenvalue weighted by molar-refractivity contribution is 5.98. The molecular weight excluding hydrogens is 240 g/mol. The van der Waals surface area contributed by atoms with Crippen molar-refractivity contribution in [3.8, 4) is 5.75 Å². The Labute approximate surface area is 115 Å². The quantitative estimate of drug-likeness (QED) is 0.384. The van der Waals surface area contributed by atoms with E-state index in [9.17, 15) is 0 Å². The molecule has 106 valence electrons. The fourth-order valence-electron chi connectivity index (χ4n) is 1.54. The summed E-state index contributed by atoms with van der Waals surface area (Å²) in [5.74, 6) is 1.90. The minimum Gasteiger partial charge on any atom is -0.493 e. The van der Waals surface area contributed by atoms with Crippen LogP contribution in [0.25, 0.3) is 0 Å². The lowest BCUT2D eigenvalue weighted by molar-refractivity contribution is 0.271. The molecule has 1 aromatic rings. The van der Waals surface area contributed by atoms with Crippen molar-refractivity contribution in [1.82, 2.24) is 4.90 Å². The lowest BCUT2D eigenvalue weighted by Gasteiger charge is -2.24. The Morgan fingerprint density at radius 3 is 2.21 bits per heavy atom. The van der Waals surface area contributed by atoms with Crippen LogP contribution in [0.1, 0.15) is 33.3 Å². The molecule has 0 radical (unpaired) electrons. The molecule has 1 N–H and O–H groups in total. The Balaban J connectivity index is 2.80. The maximum Gasteiger partial charge on any atom is 0.175 e. The van der Waals surface area contributed by atoms with Crippen LogP contribution in [0.4, 0.5) is 0 Å². The van der Waals surface area contributed by atoms with Crippen LogP contribution in [-0.4, -0.2) is 35.6 Å². The van der Waals surface area contributed by atoms with Crippen molar-refractivity contribution in [3.05, 3.63) is 29.8 Å². The summed E-state index contributed by atoms with van der Waals surface area (Å²) in [6.45, 7) is 9.02. The van der Waals surface area contributed by atoms with Crippen LogP contribution >= 0.6 is 0 Å². The topological polar surface area (TPSA) is 45.1 Å². The molecule has 0 atom stereocenters. The second kappa shape index (κ2) is 7.02. The van der Waals surface area contributed by atoms with Crippen molar-refractivity contribution < 1.29 is 9.94 Å². The normalized spacial score (nSPS) is 12.1. The number of ether oxygens (including phenoxy) is 1. The second-order valence-corrected chi connectivity index (χ2v) is 5.36. The van der Waals surface area contributed by atoms with E-state index in [4.69, 9.17) is 9.94 Å². The molecule has 0 unspecified atom stereocenters. The molecule has 0 aliphatic rings. The lowest BCUT2D eigenvalue weighted by Crippen LogP contribution is -2.33. The second-order valence-electron chi connectivity index (χ2n) is 5.36. The predicted molar refractivity (Wildman–Crippen MR) is 78.0 cm³/mol. The molecule has 0 saturated carbocycles. The number of oxime groups is 1. The number of hydrogen-bond donors (Lipinski definition) is 1. The fourth-order valence-corrected chi connectivity index (χ4v) is 1.54. The molecule has 19 heavy (non-hydrogen) atoms. The Hall–Kier alpha value is -1.71. The van der Waals surface area contributed by atoms with E-state index >= 15 is 0 Å². The highest BCUT2D eigenvalue weighted by Gasteiger charge is 2.13. The van der Waals surface area contributed by atoms with Crippen molar-refractivity contribution >= 4 is 5.84 Å². The third-order valence-electron chi connectivity index (χ3n) is 2.90. The molecular formula is C15H24N2O2. The van der Waals surface area contributed by atoms with Gasteiger partial charge >= 0.3 is 0 Å². The summed E-state index contributed by atoms with van der Waals surface area (Å²) in [5, 5.41) is 12.5. The van der Waals surface area contributed by atoms with E-state index in [1.54, 1.807) is 0 Å². The Morgan fingerprint density at radius 2 is 1.79 bits per heavy atom. The Morgan fingerprint density at radius 1 is 1.21 bits per heavy atom. The van der Waals surface area contributed by atoms with E-state index in [0.29, 0.717) is 18.4 Å². The zero-order valence-electron chi connectivity index (χ0n) is 12.4. The van der Waals surface area contributed by atoms with Gasteiger partial charge < -0.3 is 14.8 Å². The van der Waals surface area contributed by atoms with Gasteiger partial charge in [0.25, 0.3) is 0 Å². The average Bonchev–Trinajstić information content (AvgIpc) is 2.38. The number of amidine groups is 1. The highest BCUT2D eigenvalue weighted by Crippen LogP contribution is 2.15. The summed E-state index contributed by atoms with van der Waals surface area (Å²) >= 11 is 0. The van der Waals surface area contributed by atoms with Crippen LogP contribution in [0, 0.1) is 5.92 Å². The van der Waals surface area contributed by atoms with Gasteiger partial charge in [-0.3, -0.25) is 0 Å². The molecule has 0 bridgehead atoms. The maximum atomic E-state index is 9.16.